The Labute approximate surface area is 82.8 Å². The van der Waals surface area contributed by atoms with Gasteiger partial charge in [-0.1, -0.05) is 12.1 Å². The first kappa shape index (κ1) is 8.12. The minimum absolute atomic E-state index is 0.0254. The maximum atomic E-state index is 6.07. The van der Waals surface area contributed by atoms with Crippen LogP contribution in [0.15, 0.2) is 24.3 Å². The van der Waals surface area contributed by atoms with E-state index in [0.717, 1.165) is 24.3 Å². The molecule has 1 aromatic carbocycles. The van der Waals surface area contributed by atoms with E-state index >= 15 is 0 Å². The molecule has 0 spiro atoms. The highest BCUT2D eigenvalue weighted by Gasteiger charge is 2.49. The third-order valence-electron chi connectivity index (χ3n) is 2.98. The summed E-state index contributed by atoms with van der Waals surface area (Å²) in [6, 6.07) is 7.73. The first-order valence-electron chi connectivity index (χ1n) is 4.95. The van der Waals surface area contributed by atoms with E-state index in [4.69, 9.17) is 15.2 Å². The third kappa shape index (κ3) is 1.16. The summed E-state index contributed by atoms with van der Waals surface area (Å²) in [5, 5.41) is 0. The number of para-hydroxylation sites is 2. The lowest BCUT2D eigenvalue weighted by Crippen LogP contribution is -2.46. The Morgan fingerprint density at radius 2 is 1.93 bits per heavy atom. The van der Waals surface area contributed by atoms with Crippen molar-refractivity contribution in [2.45, 2.75) is 24.5 Å². The summed E-state index contributed by atoms with van der Waals surface area (Å²) in [7, 11) is 0. The molecule has 0 aromatic heterocycles. The summed E-state index contributed by atoms with van der Waals surface area (Å²) in [6.45, 7) is 0.577. The first-order chi connectivity index (χ1) is 6.78. The van der Waals surface area contributed by atoms with Gasteiger partial charge in [-0.25, -0.2) is 0 Å². The molecule has 1 heterocycles. The van der Waals surface area contributed by atoms with Gasteiger partial charge in [0.05, 0.1) is 5.54 Å². The molecule has 0 amide bonds. The van der Waals surface area contributed by atoms with Crippen LogP contribution in [0.1, 0.15) is 12.8 Å². The molecule has 1 aliphatic heterocycles. The Kier molecular flexibility index (Phi) is 1.53. The Hall–Kier alpha value is -1.22. The SMILES string of the molecule is NC1(C2COc3ccccc3O2)CC1. The van der Waals surface area contributed by atoms with Crippen LogP contribution in [-0.2, 0) is 0 Å². The van der Waals surface area contributed by atoms with E-state index in [1.807, 2.05) is 24.3 Å². The predicted octanol–water partition coefficient (Wildman–Crippen LogP) is 1.32. The average Bonchev–Trinajstić information content (AvgIpc) is 2.97. The number of benzene rings is 1. The van der Waals surface area contributed by atoms with Crippen molar-refractivity contribution < 1.29 is 9.47 Å². The maximum Gasteiger partial charge on any atom is 0.161 e. The second kappa shape index (κ2) is 2.64. The molecule has 1 saturated carbocycles. The molecule has 3 nitrogen and oxygen atoms in total. The molecule has 74 valence electrons. The van der Waals surface area contributed by atoms with Crippen molar-refractivity contribution in [3.63, 3.8) is 0 Å². The lowest BCUT2D eigenvalue weighted by molar-refractivity contribution is 0.0653. The second-order valence-electron chi connectivity index (χ2n) is 4.10. The molecule has 1 aliphatic carbocycles. The summed E-state index contributed by atoms with van der Waals surface area (Å²) in [6.07, 6.45) is 2.12. The van der Waals surface area contributed by atoms with Crippen molar-refractivity contribution in [1.82, 2.24) is 0 Å². The molecule has 1 aromatic rings. The van der Waals surface area contributed by atoms with Gasteiger partial charge in [0.15, 0.2) is 17.6 Å². The monoisotopic (exact) mass is 191 g/mol. The van der Waals surface area contributed by atoms with Gasteiger partial charge in [0.25, 0.3) is 0 Å². The summed E-state index contributed by atoms with van der Waals surface area (Å²) in [5.41, 5.74) is 5.94. The van der Waals surface area contributed by atoms with Crippen molar-refractivity contribution in [1.29, 1.82) is 0 Å². The fourth-order valence-corrected chi connectivity index (χ4v) is 1.77. The highest BCUT2D eigenvalue weighted by molar-refractivity contribution is 5.41. The van der Waals surface area contributed by atoms with Gasteiger partial charge in [-0.05, 0) is 25.0 Å². The predicted molar refractivity (Wildman–Crippen MR) is 52.5 cm³/mol. The van der Waals surface area contributed by atoms with E-state index in [0.29, 0.717) is 6.61 Å². The molecule has 0 saturated heterocycles. The van der Waals surface area contributed by atoms with Crippen LogP contribution in [0.5, 0.6) is 11.5 Å². The molecule has 2 N–H and O–H groups in total. The topological polar surface area (TPSA) is 44.5 Å². The number of rotatable bonds is 1. The van der Waals surface area contributed by atoms with E-state index in [-0.39, 0.29) is 11.6 Å². The Morgan fingerprint density at radius 1 is 1.21 bits per heavy atom. The van der Waals surface area contributed by atoms with Crippen molar-refractivity contribution in [2.24, 2.45) is 5.73 Å². The zero-order valence-corrected chi connectivity index (χ0v) is 7.90. The Balaban J connectivity index is 1.86. The number of hydrogen-bond acceptors (Lipinski definition) is 3. The number of fused-ring (bicyclic) bond motifs is 1. The van der Waals surface area contributed by atoms with Gasteiger partial charge in [0.2, 0.25) is 0 Å². The van der Waals surface area contributed by atoms with Crippen LogP contribution in [0.2, 0.25) is 0 Å². The third-order valence-corrected chi connectivity index (χ3v) is 2.98. The molecular formula is C11H13NO2. The van der Waals surface area contributed by atoms with Gasteiger partial charge in [-0.3, -0.25) is 0 Å². The summed E-state index contributed by atoms with van der Waals surface area (Å²) >= 11 is 0. The summed E-state index contributed by atoms with van der Waals surface area (Å²) in [4.78, 5) is 0. The Bertz CT molecular complexity index is 360. The molecule has 3 heteroatoms. The van der Waals surface area contributed by atoms with Gasteiger partial charge in [-0.15, -0.1) is 0 Å². The average molecular weight is 191 g/mol. The zero-order valence-electron chi connectivity index (χ0n) is 7.90. The largest absolute Gasteiger partial charge is 0.486 e. The number of ether oxygens (including phenoxy) is 2. The lowest BCUT2D eigenvalue weighted by atomic mass is 10.1. The van der Waals surface area contributed by atoms with Gasteiger partial charge >= 0.3 is 0 Å². The van der Waals surface area contributed by atoms with Crippen LogP contribution in [-0.4, -0.2) is 18.2 Å². The highest BCUT2D eigenvalue weighted by Crippen LogP contribution is 2.41. The molecule has 0 bridgehead atoms. The van der Waals surface area contributed by atoms with Crippen LogP contribution in [0.4, 0.5) is 0 Å². The van der Waals surface area contributed by atoms with E-state index in [2.05, 4.69) is 0 Å². The molecule has 2 aliphatic rings. The second-order valence-corrected chi connectivity index (χ2v) is 4.10. The maximum absolute atomic E-state index is 6.07. The highest BCUT2D eigenvalue weighted by atomic mass is 16.6. The van der Waals surface area contributed by atoms with Crippen molar-refractivity contribution in [2.75, 3.05) is 6.61 Å². The van der Waals surface area contributed by atoms with Crippen molar-refractivity contribution in [3.05, 3.63) is 24.3 Å². The van der Waals surface area contributed by atoms with Gasteiger partial charge in [0.1, 0.15) is 6.61 Å². The van der Waals surface area contributed by atoms with Crippen LogP contribution >= 0.6 is 0 Å². The van der Waals surface area contributed by atoms with Gasteiger partial charge < -0.3 is 15.2 Å². The van der Waals surface area contributed by atoms with Crippen molar-refractivity contribution in [3.8, 4) is 11.5 Å². The molecule has 0 radical (unpaired) electrons. The lowest BCUT2D eigenvalue weighted by Gasteiger charge is -2.30. The summed E-state index contributed by atoms with van der Waals surface area (Å²) < 4.78 is 11.4. The molecule has 1 unspecified atom stereocenters. The van der Waals surface area contributed by atoms with E-state index in [9.17, 15) is 0 Å². The summed E-state index contributed by atoms with van der Waals surface area (Å²) in [5.74, 6) is 1.65. The van der Waals surface area contributed by atoms with E-state index in [1.54, 1.807) is 0 Å². The zero-order chi connectivity index (χ0) is 9.60. The fourth-order valence-electron chi connectivity index (χ4n) is 1.77. The fraction of sp³-hybridized carbons (Fsp3) is 0.455. The van der Waals surface area contributed by atoms with Gasteiger partial charge in [0, 0.05) is 0 Å². The van der Waals surface area contributed by atoms with Crippen LogP contribution in [0, 0.1) is 0 Å². The van der Waals surface area contributed by atoms with Crippen LogP contribution in [0.3, 0.4) is 0 Å². The number of hydrogen-bond donors (Lipinski definition) is 1. The van der Waals surface area contributed by atoms with Crippen LogP contribution in [0.25, 0.3) is 0 Å². The van der Waals surface area contributed by atoms with E-state index < -0.39 is 0 Å². The van der Waals surface area contributed by atoms with Crippen LogP contribution < -0.4 is 15.2 Å². The molecule has 3 rings (SSSR count). The quantitative estimate of drug-likeness (QED) is 0.728. The first-order valence-corrected chi connectivity index (χ1v) is 4.95. The molecule has 1 atom stereocenters. The minimum Gasteiger partial charge on any atom is -0.486 e. The smallest absolute Gasteiger partial charge is 0.161 e. The number of nitrogens with two attached hydrogens (primary N) is 1. The molecule has 1 fully saturated rings. The van der Waals surface area contributed by atoms with E-state index in [1.165, 1.54) is 0 Å². The molecular weight excluding hydrogens is 178 g/mol. The Morgan fingerprint density at radius 3 is 2.64 bits per heavy atom. The normalized spacial score (nSPS) is 27.1. The molecule has 14 heavy (non-hydrogen) atoms. The minimum atomic E-state index is -0.131. The van der Waals surface area contributed by atoms with Crippen molar-refractivity contribution >= 4 is 0 Å². The van der Waals surface area contributed by atoms with Gasteiger partial charge in [-0.2, -0.15) is 0 Å². The standard InChI is InChI=1S/C11H13NO2/c12-11(5-6-11)10-7-13-8-3-1-2-4-9(8)14-10/h1-4,10H,5-7,12H2.